The van der Waals surface area contributed by atoms with Crippen molar-refractivity contribution in [3.63, 3.8) is 0 Å². The number of ether oxygens (including phenoxy) is 1. The highest BCUT2D eigenvalue weighted by Gasteiger charge is 2.35. The number of aryl methyl sites for hydroxylation is 1. The molecule has 2 aromatic rings. The number of hydrogen-bond donors (Lipinski definition) is 3. The van der Waals surface area contributed by atoms with E-state index in [1.807, 2.05) is 29.3 Å². The van der Waals surface area contributed by atoms with Crippen molar-refractivity contribution >= 4 is 12.2 Å². The van der Waals surface area contributed by atoms with Crippen molar-refractivity contribution in [3.05, 3.63) is 30.4 Å². The minimum atomic E-state index is 0.103. The number of methoxy groups -OCH3 is 1. The molecule has 0 bridgehead atoms. The summed E-state index contributed by atoms with van der Waals surface area (Å²) in [6, 6.07) is 2.13. The smallest absolute Gasteiger partial charge is 0.207 e. The van der Waals surface area contributed by atoms with Crippen LogP contribution in [-0.4, -0.2) is 64.8 Å². The Bertz CT molecular complexity index is 855. The summed E-state index contributed by atoms with van der Waals surface area (Å²) in [5, 5.41) is 16.2. The molecule has 2 fully saturated rings. The SMILES string of the molecule is COCCCn1cc(-c2c[nH]c(C(=N)N3CC(NC=O)CCC(C4CC4)C3)c2)cn1. The fourth-order valence-electron chi connectivity index (χ4n) is 4.46. The quantitative estimate of drug-likeness (QED) is 0.255. The summed E-state index contributed by atoms with van der Waals surface area (Å²) in [4.78, 5) is 16.4. The van der Waals surface area contributed by atoms with Gasteiger partial charge in [0.1, 0.15) is 5.84 Å². The third-order valence-electron chi connectivity index (χ3n) is 6.33. The lowest BCUT2D eigenvalue weighted by molar-refractivity contribution is -0.110. The molecule has 8 heteroatoms. The van der Waals surface area contributed by atoms with E-state index >= 15 is 0 Å². The molecule has 2 unspecified atom stereocenters. The molecule has 162 valence electrons. The summed E-state index contributed by atoms with van der Waals surface area (Å²) in [5.41, 5.74) is 2.87. The molecule has 1 aliphatic heterocycles. The Balaban J connectivity index is 1.44. The van der Waals surface area contributed by atoms with E-state index in [2.05, 4.69) is 20.3 Å². The fraction of sp³-hybridized carbons (Fsp3) is 0.591. The third kappa shape index (κ3) is 4.92. The first-order valence-electron chi connectivity index (χ1n) is 10.9. The fourth-order valence-corrected chi connectivity index (χ4v) is 4.46. The minimum absolute atomic E-state index is 0.103. The van der Waals surface area contributed by atoms with Crippen LogP contribution in [0, 0.1) is 17.2 Å². The van der Waals surface area contributed by atoms with Gasteiger partial charge in [-0.05, 0) is 50.0 Å². The van der Waals surface area contributed by atoms with Crippen molar-refractivity contribution in [2.75, 3.05) is 26.8 Å². The van der Waals surface area contributed by atoms with Crippen LogP contribution in [0.15, 0.2) is 24.7 Å². The molecule has 1 saturated heterocycles. The molecule has 1 aliphatic carbocycles. The number of carbonyl (C=O) groups excluding carboxylic acids is 1. The average Bonchev–Trinajstić information content (AvgIpc) is 3.35. The predicted octanol–water partition coefficient (Wildman–Crippen LogP) is 2.48. The van der Waals surface area contributed by atoms with E-state index in [4.69, 9.17) is 10.1 Å². The van der Waals surface area contributed by atoms with E-state index < -0.39 is 0 Å². The van der Waals surface area contributed by atoms with Gasteiger partial charge in [0.05, 0.1) is 11.9 Å². The summed E-state index contributed by atoms with van der Waals surface area (Å²) >= 11 is 0. The zero-order chi connectivity index (χ0) is 20.9. The van der Waals surface area contributed by atoms with Crippen molar-refractivity contribution in [2.24, 2.45) is 11.8 Å². The molecule has 2 atom stereocenters. The highest BCUT2D eigenvalue weighted by atomic mass is 16.5. The van der Waals surface area contributed by atoms with E-state index in [-0.39, 0.29) is 6.04 Å². The molecule has 2 aliphatic rings. The molecular weight excluding hydrogens is 380 g/mol. The van der Waals surface area contributed by atoms with Crippen molar-refractivity contribution in [3.8, 4) is 11.1 Å². The molecule has 1 amide bonds. The van der Waals surface area contributed by atoms with Crippen LogP contribution < -0.4 is 5.32 Å². The Kier molecular flexibility index (Phi) is 6.52. The van der Waals surface area contributed by atoms with Crippen molar-refractivity contribution in [1.29, 1.82) is 5.41 Å². The van der Waals surface area contributed by atoms with Gasteiger partial charge in [0.25, 0.3) is 0 Å². The van der Waals surface area contributed by atoms with Gasteiger partial charge in [-0.2, -0.15) is 5.10 Å². The summed E-state index contributed by atoms with van der Waals surface area (Å²) in [5.74, 6) is 1.90. The van der Waals surface area contributed by atoms with Gasteiger partial charge in [-0.15, -0.1) is 0 Å². The number of nitrogens with zero attached hydrogens (tertiary/aromatic N) is 3. The Morgan fingerprint density at radius 1 is 1.30 bits per heavy atom. The van der Waals surface area contributed by atoms with Crippen LogP contribution in [-0.2, 0) is 16.1 Å². The number of carbonyl (C=O) groups is 1. The molecule has 0 spiro atoms. The van der Waals surface area contributed by atoms with E-state index in [9.17, 15) is 4.79 Å². The van der Waals surface area contributed by atoms with Gasteiger partial charge in [-0.1, -0.05) is 0 Å². The average molecular weight is 413 g/mol. The van der Waals surface area contributed by atoms with Gasteiger partial charge in [-0.25, -0.2) is 0 Å². The molecule has 4 rings (SSSR count). The Labute approximate surface area is 177 Å². The van der Waals surface area contributed by atoms with E-state index in [0.29, 0.717) is 18.3 Å². The number of amides is 1. The number of likely N-dealkylation sites (tertiary alicyclic amines) is 1. The molecule has 3 N–H and O–H groups in total. The minimum Gasteiger partial charge on any atom is -0.385 e. The van der Waals surface area contributed by atoms with Gasteiger partial charge < -0.3 is 19.9 Å². The van der Waals surface area contributed by atoms with Crippen LogP contribution in [0.5, 0.6) is 0 Å². The highest BCUT2D eigenvalue weighted by molar-refractivity contribution is 5.96. The van der Waals surface area contributed by atoms with Crippen LogP contribution in [0.2, 0.25) is 0 Å². The normalized spacial score (nSPS) is 22.0. The Hall–Kier alpha value is -2.61. The van der Waals surface area contributed by atoms with Gasteiger partial charge in [0, 0.05) is 62.9 Å². The van der Waals surface area contributed by atoms with Crippen LogP contribution in [0.25, 0.3) is 11.1 Å². The van der Waals surface area contributed by atoms with Crippen molar-refractivity contribution in [1.82, 2.24) is 25.0 Å². The third-order valence-corrected chi connectivity index (χ3v) is 6.33. The van der Waals surface area contributed by atoms with E-state index in [1.54, 1.807) is 7.11 Å². The van der Waals surface area contributed by atoms with Crippen LogP contribution in [0.3, 0.4) is 0 Å². The van der Waals surface area contributed by atoms with Gasteiger partial charge in [0.15, 0.2) is 0 Å². The predicted molar refractivity (Wildman–Crippen MR) is 115 cm³/mol. The summed E-state index contributed by atoms with van der Waals surface area (Å²) in [7, 11) is 1.71. The molecule has 8 nitrogen and oxygen atoms in total. The largest absolute Gasteiger partial charge is 0.385 e. The Morgan fingerprint density at radius 2 is 2.13 bits per heavy atom. The zero-order valence-corrected chi connectivity index (χ0v) is 17.6. The number of aromatic amines is 1. The molecule has 0 radical (unpaired) electrons. The lowest BCUT2D eigenvalue weighted by atomic mass is 9.97. The van der Waals surface area contributed by atoms with Crippen LogP contribution in [0.4, 0.5) is 0 Å². The maximum Gasteiger partial charge on any atom is 0.207 e. The number of H-pyrrole nitrogens is 1. The van der Waals surface area contributed by atoms with Crippen molar-refractivity contribution in [2.45, 2.75) is 44.7 Å². The zero-order valence-electron chi connectivity index (χ0n) is 17.6. The molecule has 0 aromatic carbocycles. The lowest BCUT2D eigenvalue weighted by Crippen LogP contribution is -2.43. The second-order valence-electron chi connectivity index (χ2n) is 8.55. The van der Waals surface area contributed by atoms with Gasteiger partial charge in [0.2, 0.25) is 6.41 Å². The van der Waals surface area contributed by atoms with Crippen LogP contribution in [0.1, 0.15) is 37.8 Å². The van der Waals surface area contributed by atoms with Gasteiger partial charge in [-0.3, -0.25) is 14.9 Å². The first kappa shape index (κ1) is 20.7. The molecule has 3 heterocycles. The standard InChI is InChI=1S/C22H32N6O2/c1-30-8-2-7-28-13-19(11-26-28)18-9-21(24-10-18)22(23)27-12-17(16-3-4-16)5-6-20(14-27)25-15-29/h9-11,13,15-17,20,23-24H,2-8,12,14H2,1H3,(H,25,29). The van der Waals surface area contributed by atoms with E-state index in [1.165, 1.54) is 12.8 Å². The number of hydrogen-bond acceptors (Lipinski definition) is 4. The summed E-state index contributed by atoms with van der Waals surface area (Å²) < 4.78 is 7.03. The Morgan fingerprint density at radius 3 is 2.90 bits per heavy atom. The first-order valence-corrected chi connectivity index (χ1v) is 10.9. The summed E-state index contributed by atoms with van der Waals surface area (Å²) in [6.07, 6.45) is 12.3. The topological polar surface area (TPSA) is 99.0 Å². The summed E-state index contributed by atoms with van der Waals surface area (Å²) in [6.45, 7) is 3.12. The maximum absolute atomic E-state index is 11.0. The first-order chi connectivity index (χ1) is 14.7. The number of aromatic nitrogens is 3. The number of nitrogens with one attached hydrogen (secondary N) is 3. The van der Waals surface area contributed by atoms with E-state index in [0.717, 1.165) is 68.1 Å². The monoisotopic (exact) mass is 412 g/mol. The lowest BCUT2D eigenvalue weighted by Gasteiger charge is -2.28. The molecule has 30 heavy (non-hydrogen) atoms. The number of amidine groups is 1. The molecular formula is C22H32N6O2. The molecule has 2 aromatic heterocycles. The van der Waals surface area contributed by atoms with Crippen LogP contribution >= 0.6 is 0 Å². The van der Waals surface area contributed by atoms with Crippen molar-refractivity contribution < 1.29 is 9.53 Å². The molecule has 1 saturated carbocycles. The maximum atomic E-state index is 11.0. The second-order valence-corrected chi connectivity index (χ2v) is 8.55. The van der Waals surface area contributed by atoms with Gasteiger partial charge >= 0.3 is 0 Å². The second kappa shape index (κ2) is 9.47. The highest BCUT2D eigenvalue weighted by Crippen LogP contribution is 2.40. The number of rotatable bonds is 9.